The molecule has 0 saturated carbocycles. The van der Waals surface area contributed by atoms with Gasteiger partial charge in [-0.05, 0) is 0 Å². The van der Waals surface area contributed by atoms with Crippen molar-refractivity contribution in [2.24, 2.45) is 14.1 Å². The largest absolute Gasteiger partial charge is 0.490 e. The average molecular weight is 814 g/mol. The van der Waals surface area contributed by atoms with Crippen LogP contribution in [-0.2, 0) is 54.9 Å². The molecule has 0 aromatic carbocycles. The molecule has 4 aromatic heterocycles. The number of hydrogen-bond donors (Lipinski definition) is 10. The highest BCUT2D eigenvalue weighted by atomic mass is 31.3. The molecule has 0 aliphatic carbocycles. The Labute approximate surface area is 296 Å². The number of aromatic nitrogens is 8. The second-order valence-corrected chi connectivity index (χ2v) is 17.2. The molecule has 2 aliphatic rings. The van der Waals surface area contributed by atoms with Crippen molar-refractivity contribution in [3.63, 3.8) is 0 Å². The van der Waals surface area contributed by atoms with Crippen LogP contribution in [0.15, 0.2) is 12.7 Å². The third-order valence-corrected chi connectivity index (χ3v) is 13.0. The Morgan fingerprint density at radius 2 is 1.09 bits per heavy atom. The summed E-state index contributed by atoms with van der Waals surface area (Å²) in [6.07, 6.45) is -9.98. The highest BCUT2D eigenvalue weighted by molar-refractivity contribution is 7.86. The molecule has 53 heavy (non-hydrogen) atoms. The fourth-order valence-corrected chi connectivity index (χ4v) is 10.3. The van der Waals surface area contributed by atoms with Gasteiger partial charge in [0.1, 0.15) is 36.6 Å². The van der Waals surface area contributed by atoms with Crippen LogP contribution in [0.2, 0.25) is 0 Å². The normalized spacial score (nSPS) is 29.7. The van der Waals surface area contributed by atoms with Crippen molar-refractivity contribution in [2.45, 2.75) is 49.1 Å². The minimum absolute atomic E-state index is 0.00160. The van der Waals surface area contributed by atoms with Crippen LogP contribution < -0.4 is 20.6 Å². The summed E-state index contributed by atoms with van der Waals surface area (Å²) < 4.78 is 73.2. The maximum Gasteiger partial charge on any atom is 0.478 e. The molecule has 0 spiro atoms. The van der Waals surface area contributed by atoms with Crippen LogP contribution in [0.25, 0.3) is 22.3 Å². The Balaban J connectivity index is 1.05. The predicted octanol–water partition coefficient (Wildman–Crippen LogP) is -4.65. The SMILES string of the molecule is BP(=O)(OP(=O)(O)OC[C@H]1O[C@@H](n2c[n+](C)c3c(O)nc(N)nc32)[C@@H](O)C1O)OP(=O)(O)OC[C@H]1O[C@@H](n2c[n+](C)c3c(O)nc(N)nc32)C(O)[C@H]1O. The van der Waals surface area contributed by atoms with Crippen molar-refractivity contribution in [3.8, 4) is 11.8 Å². The molecule has 0 bridgehead atoms. The monoisotopic (exact) mass is 814 g/mol. The van der Waals surface area contributed by atoms with Crippen LogP contribution in [-0.4, -0.2) is 127 Å². The van der Waals surface area contributed by atoms with Gasteiger partial charge in [0.15, 0.2) is 0 Å². The number of phosphoric ester groups is 2. The summed E-state index contributed by atoms with van der Waals surface area (Å²) in [6, 6.07) is 0. The summed E-state index contributed by atoms with van der Waals surface area (Å²) in [5.41, 5.74) is 11.4. The van der Waals surface area contributed by atoms with E-state index in [4.69, 9.17) is 30.0 Å². The topological polar surface area (TPSA) is 390 Å². The molecule has 2 aliphatic heterocycles. The highest BCUT2D eigenvalue weighted by Gasteiger charge is 2.51. The van der Waals surface area contributed by atoms with Gasteiger partial charge in [0.05, 0.1) is 27.3 Å². The third-order valence-electron chi connectivity index (χ3n) is 8.05. The number of nitrogens with zero attached hydrogens (tertiary/aromatic N) is 8. The van der Waals surface area contributed by atoms with Gasteiger partial charge in [-0.1, -0.05) is 0 Å². The number of imidazole rings is 2. The van der Waals surface area contributed by atoms with E-state index in [2.05, 4.69) is 28.6 Å². The number of aryl methyl sites for hydroxylation is 2. The molecule has 2 saturated heterocycles. The number of phosphoric acid groups is 2. The number of rotatable bonds is 12. The van der Waals surface area contributed by atoms with E-state index in [1.54, 1.807) is 0 Å². The third kappa shape index (κ3) is 7.75. The average Bonchev–Trinajstić information content (AvgIpc) is 3.71. The lowest BCUT2D eigenvalue weighted by atomic mass is 10.1. The number of nitrogen functional groups attached to an aromatic ring is 2. The molecule has 290 valence electrons. The molecule has 6 rings (SSSR count). The van der Waals surface area contributed by atoms with E-state index in [9.17, 15) is 54.1 Å². The lowest BCUT2D eigenvalue weighted by molar-refractivity contribution is -0.646. The predicted molar refractivity (Wildman–Crippen MR) is 171 cm³/mol. The maximum atomic E-state index is 12.9. The second kappa shape index (κ2) is 14.0. The van der Waals surface area contributed by atoms with Crippen LogP contribution in [0.1, 0.15) is 12.5 Å². The summed E-state index contributed by atoms with van der Waals surface area (Å²) in [7, 11) is -12.3. The minimum Gasteiger partial charge on any atom is -0.490 e. The van der Waals surface area contributed by atoms with Crippen molar-refractivity contribution in [1.29, 1.82) is 0 Å². The van der Waals surface area contributed by atoms with Crippen LogP contribution in [0, 0.1) is 0 Å². The quantitative estimate of drug-likeness (QED) is 0.0365. The fraction of sp³-hybridized carbons (Fsp3) is 0.545. The van der Waals surface area contributed by atoms with Gasteiger partial charge in [-0.15, -0.1) is 0 Å². The van der Waals surface area contributed by atoms with Gasteiger partial charge in [-0.2, -0.15) is 29.1 Å². The molecule has 12 N–H and O–H groups in total. The summed E-state index contributed by atoms with van der Waals surface area (Å²) in [5.74, 6) is -1.60. The molecule has 5 unspecified atom stereocenters. The van der Waals surface area contributed by atoms with Gasteiger partial charge in [0, 0.05) is 0 Å². The number of ether oxygens (including phenoxy) is 2. The highest BCUT2D eigenvalue weighted by Crippen LogP contribution is 2.67. The van der Waals surface area contributed by atoms with Gasteiger partial charge in [-0.25, -0.2) is 26.9 Å². The molecule has 11 atom stereocenters. The van der Waals surface area contributed by atoms with Crippen LogP contribution in [0.3, 0.4) is 0 Å². The van der Waals surface area contributed by atoms with Crippen molar-refractivity contribution in [1.82, 2.24) is 29.1 Å². The van der Waals surface area contributed by atoms with Crippen LogP contribution in [0.5, 0.6) is 11.8 Å². The van der Waals surface area contributed by atoms with Crippen LogP contribution >= 0.6 is 23.1 Å². The van der Waals surface area contributed by atoms with E-state index in [1.807, 2.05) is 0 Å². The number of hydrogen-bond acceptors (Lipinski definition) is 21. The number of aliphatic hydroxyl groups is 4. The number of fused-ring (bicyclic) bond motifs is 2. The molecule has 0 amide bonds. The van der Waals surface area contributed by atoms with Crippen molar-refractivity contribution in [3.05, 3.63) is 12.7 Å². The van der Waals surface area contributed by atoms with E-state index in [1.165, 1.54) is 45.0 Å². The fourth-order valence-electron chi connectivity index (χ4n) is 5.82. The summed E-state index contributed by atoms with van der Waals surface area (Å²) >= 11 is 0. The van der Waals surface area contributed by atoms with E-state index in [0.29, 0.717) is 7.57 Å². The Bertz CT molecular complexity index is 2060. The minimum atomic E-state index is -5.43. The van der Waals surface area contributed by atoms with Crippen molar-refractivity contribution >= 4 is 64.9 Å². The number of anilines is 2. The zero-order valence-electron chi connectivity index (χ0n) is 27.5. The van der Waals surface area contributed by atoms with Gasteiger partial charge in [0.25, 0.3) is 49.1 Å². The molecule has 6 heterocycles. The first-order chi connectivity index (χ1) is 24.6. The first-order valence-corrected chi connectivity index (χ1v) is 20.0. The van der Waals surface area contributed by atoms with Gasteiger partial charge in [-0.3, -0.25) is 13.6 Å². The van der Waals surface area contributed by atoms with Crippen LogP contribution in [0.4, 0.5) is 11.9 Å². The molecule has 4 aromatic rings. The first-order valence-electron chi connectivity index (χ1n) is 15.0. The second-order valence-electron chi connectivity index (χ2n) is 12.0. The number of aliphatic hydroxyl groups excluding tert-OH is 4. The summed E-state index contributed by atoms with van der Waals surface area (Å²) in [6.45, 7) is -1.92. The lowest BCUT2D eigenvalue weighted by Gasteiger charge is -2.22. The zero-order valence-corrected chi connectivity index (χ0v) is 30.2. The zero-order chi connectivity index (χ0) is 38.9. The molecular weight excluding hydrogens is 780 g/mol. The summed E-state index contributed by atoms with van der Waals surface area (Å²) in [5, 5.41) is 62.8. The van der Waals surface area contributed by atoms with E-state index in [0.717, 1.165) is 0 Å². The molecule has 27 nitrogen and oxygen atoms in total. The van der Waals surface area contributed by atoms with E-state index in [-0.39, 0.29) is 34.2 Å². The Morgan fingerprint density at radius 3 is 1.45 bits per heavy atom. The van der Waals surface area contributed by atoms with Crippen molar-refractivity contribution in [2.75, 3.05) is 24.7 Å². The van der Waals surface area contributed by atoms with E-state index < -0.39 is 97.2 Å². The lowest BCUT2D eigenvalue weighted by Crippen LogP contribution is -2.34. The molecular formula is C22H34BN10O17P3+2. The van der Waals surface area contributed by atoms with Crippen molar-refractivity contribution < 1.29 is 90.4 Å². The molecule has 0 radical (unpaired) electrons. The number of nitrogens with two attached hydrogens (primary N) is 2. The first kappa shape index (κ1) is 39.3. The summed E-state index contributed by atoms with van der Waals surface area (Å²) in [4.78, 5) is 35.8. The van der Waals surface area contributed by atoms with Gasteiger partial charge >= 0.3 is 15.6 Å². The Morgan fingerprint density at radius 1 is 0.736 bits per heavy atom. The standard InChI is InChI=1S/C22H32BN10O17P3/c1-30-5-32(15-9(30)17(38)28-21(24)26-15)19-13(36)11(34)7(47-19)3-45-52(41,42)49-51(23,40)50-53(43,44)46-4-8-12(35)14(37)20(48-8)33-6-31(2)10-16(33)27-22(25)29-18(10)39/h5-8,11-14,19-20,34-37H,3-4,23H2,1-2H3,(H6-2,24,25,26,27,28,29,38,39,41,42,43,44)/p+2/t7-,8-,11+,12?,13?,14+,19-,20-,51?/m1/s1. The van der Waals surface area contributed by atoms with Gasteiger partial charge < -0.3 is 61.4 Å². The Kier molecular flexibility index (Phi) is 10.4. The maximum absolute atomic E-state index is 12.9. The number of aromatic hydroxyl groups is 2. The molecule has 31 heteroatoms. The smallest absolute Gasteiger partial charge is 0.478 e. The van der Waals surface area contributed by atoms with E-state index >= 15 is 0 Å². The Hall–Kier alpha value is -3.43. The van der Waals surface area contributed by atoms with Gasteiger partial charge in [0.2, 0.25) is 37.0 Å². The molecule has 2 fully saturated rings.